The summed E-state index contributed by atoms with van der Waals surface area (Å²) in [6.45, 7) is 0. The van der Waals surface area contributed by atoms with E-state index in [0.29, 0.717) is 5.76 Å². The van der Waals surface area contributed by atoms with Gasteiger partial charge in [0.15, 0.2) is 5.78 Å². The minimum absolute atomic E-state index is 0.195. The molecule has 2 atom stereocenters. The SMILES string of the molecule is COC1=C[C@H](O)[C@@H](C(=O)/C=C/c2ccccc2)C(O)=C1. The van der Waals surface area contributed by atoms with E-state index in [-0.39, 0.29) is 11.5 Å². The van der Waals surface area contributed by atoms with E-state index in [1.165, 1.54) is 25.3 Å². The smallest absolute Gasteiger partial charge is 0.169 e. The van der Waals surface area contributed by atoms with Crippen molar-refractivity contribution in [2.75, 3.05) is 7.11 Å². The Labute approximate surface area is 117 Å². The molecular weight excluding hydrogens is 256 g/mol. The lowest BCUT2D eigenvalue weighted by Gasteiger charge is -2.22. The third kappa shape index (κ3) is 3.16. The standard InChI is InChI=1S/C16H16O4/c1-20-12-9-14(18)16(15(19)10-12)13(17)8-7-11-5-3-2-4-6-11/h2-10,14,16,18-19H,1H3/b8-7+/t14-,16+/m0/s1. The van der Waals surface area contributed by atoms with E-state index < -0.39 is 12.0 Å². The van der Waals surface area contributed by atoms with E-state index in [4.69, 9.17) is 4.74 Å². The molecule has 1 aliphatic rings. The van der Waals surface area contributed by atoms with Crippen LogP contribution in [0.2, 0.25) is 0 Å². The van der Waals surface area contributed by atoms with Crippen molar-refractivity contribution in [3.8, 4) is 0 Å². The first-order chi connectivity index (χ1) is 9.61. The maximum absolute atomic E-state index is 12.1. The van der Waals surface area contributed by atoms with Gasteiger partial charge in [-0.05, 0) is 17.7 Å². The Balaban J connectivity index is 2.13. The summed E-state index contributed by atoms with van der Waals surface area (Å²) in [4.78, 5) is 12.1. The highest BCUT2D eigenvalue weighted by Gasteiger charge is 2.31. The molecule has 0 fully saturated rings. The Morgan fingerprint density at radius 1 is 1.30 bits per heavy atom. The number of allylic oxidation sites excluding steroid dienone is 2. The van der Waals surface area contributed by atoms with Crippen molar-refractivity contribution >= 4 is 11.9 Å². The van der Waals surface area contributed by atoms with Gasteiger partial charge in [-0.2, -0.15) is 0 Å². The number of carbonyl (C=O) groups is 1. The summed E-state index contributed by atoms with van der Waals surface area (Å²) >= 11 is 0. The maximum Gasteiger partial charge on any atom is 0.169 e. The normalized spacial score (nSPS) is 22.3. The number of benzene rings is 1. The minimum atomic E-state index is -1.09. The molecule has 0 spiro atoms. The number of aliphatic hydroxyl groups excluding tert-OH is 2. The first kappa shape index (κ1) is 14.1. The van der Waals surface area contributed by atoms with E-state index in [1.807, 2.05) is 30.3 Å². The Hall–Kier alpha value is -2.33. The molecule has 1 aromatic carbocycles. The van der Waals surface area contributed by atoms with Crippen LogP contribution in [0.3, 0.4) is 0 Å². The topological polar surface area (TPSA) is 66.8 Å². The monoisotopic (exact) mass is 272 g/mol. The van der Waals surface area contributed by atoms with Gasteiger partial charge in [0.05, 0.1) is 13.2 Å². The summed E-state index contributed by atoms with van der Waals surface area (Å²) < 4.78 is 4.92. The van der Waals surface area contributed by atoms with Crippen molar-refractivity contribution in [2.24, 2.45) is 5.92 Å². The van der Waals surface area contributed by atoms with Gasteiger partial charge < -0.3 is 14.9 Å². The van der Waals surface area contributed by atoms with Crippen LogP contribution >= 0.6 is 0 Å². The molecule has 0 bridgehead atoms. The molecule has 0 unspecified atom stereocenters. The number of rotatable bonds is 4. The molecular formula is C16H16O4. The Kier molecular flexibility index (Phi) is 4.38. The number of hydrogen-bond donors (Lipinski definition) is 2. The lowest BCUT2D eigenvalue weighted by atomic mass is 9.90. The van der Waals surface area contributed by atoms with Crippen molar-refractivity contribution in [3.63, 3.8) is 0 Å². The second kappa shape index (κ2) is 6.21. The van der Waals surface area contributed by atoms with Crippen molar-refractivity contribution in [2.45, 2.75) is 6.10 Å². The Morgan fingerprint density at radius 3 is 2.60 bits per heavy atom. The van der Waals surface area contributed by atoms with Gasteiger partial charge in [0, 0.05) is 6.08 Å². The van der Waals surface area contributed by atoms with Crippen molar-refractivity contribution < 1.29 is 19.7 Å². The number of hydrogen-bond acceptors (Lipinski definition) is 4. The zero-order valence-corrected chi connectivity index (χ0v) is 11.1. The summed E-state index contributed by atoms with van der Waals surface area (Å²) in [6.07, 6.45) is 4.66. The van der Waals surface area contributed by atoms with Gasteiger partial charge in [0.25, 0.3) is 0 Å². The Morgan fingerprint density at radius 2 is 2.00 bits per heavy atom. The minimum Gasteiger partial charge on any atom is -0.511 e. The summed E-state index contributed by atoms with van der Waals surface area (Å²) in [7, 11) is 1.43. The number of ether oxygens (including phenoxy) is 1. The molecule has 0 aliphatic heterocycles. The average Bonchev–Trinajstić information content (AvgIpc) is 2.45. The van der Waals surface area contributed by atoms with Crippen molar-refractivity contribution in [1.29, 1.82) is 0 Å². The largest absolute Gasteiger partial charge is 0.511 e. The van der Waals surface area contributed by atoms with Gasteiger partial charge in [0.2, 0.25) is 0 Å². The highest BCUT2D eigenvalue weighted by molar-refractivity contribution is 5.97. The van der Waals surface area contributed by atoms with Crippen LogP contribution in [0.15, 0.2) is 60.1 Å². The molecule has 0 aromatic heterocycles. The van der Waals surface area contributed by atoms with Crippen molar-refractivity contribution in [1.82, 2.24) is 0 Å². The lowest BCUT2D eigenvalue weighted by Crippen LogP contribution is -2.30. The van der Waals surface area contributed by atoms with Crippen molar-refractivity contribution in [3.05, 3.63) is 65.6 Å². The predicted octanol–water partition coefficient (Wildman–Crippen LogP) is 2.23. The van der Waals surface area contributed by atoms with E-state index in [9.17, 15) is 15.0 Å². The first-order valence-electron chi connectivity index (χ1n) is 6.23. The summed E-state index contributed by atoms with van der Waals surface area (Å²) in [5.41, 5.74) is 0.878. The predicted molar refractivity (Wildman–Crippen MR) is 75.8 cm³/mol. The molecule has 2 rings (SSSR count). The van der Waals surface area contributed by atoms with Gasteiger partial charge in [-0.3, -0.25) is 4.79 Å². The molecule has 1 aliphatic carbocycles. The van der Waals surface area contributed by atoms with Crippen LogP contribution in [0.1, 0.15) is 5.56 Å². The first-order valence-corrected chi connectivity index (χ1v) is 6.23. The summed E-state index contributed by atoms with van der Waals surface area (Å²) in [5, 5.41) is 19.7. The molecule has 0 saturated heterocycles. The van der Waals surface area contributed by atoms with Gasteiger partial charge in [-0.1, -0.05) is 36.4 Å². The van der Waals surface area contributed by atoms with Gasteiger partial charge in [-0.15, -0.1) is 0 Å². The number of ketones is 1. The fourth-order valence-electron chi connectivity index (χ4n) is 2.01. The van der Waals surface area contributed by atoms with Crippen LogP contribution in [0.4, 0.5) is 0 Å². The van der Waals surface area contributed by atoms with Gasteiger partial charge in [0.1, 0.15) is 17.4 Å². The van der Waals surface area contributed by atoms with Crippen LogP contribution < -0.4 is 0 Å². The second-order valence-electron chi connectivity index (χ2n) is 4.46. The number of carbonyl (C=O) groups excluding carboxylic acids is 1. The van der Waals surface area contributed by atoms with E-state index in [1.54, 1.807) is 6.08 Å². The molecule has 1 aromatic rings. The third-order valence-electron chi connectivity index (χ3n) is 3.07. The molecule has 20 heavy (non-hydrogen) atoms. The zero-order chi connectivity index (χ0) is 14.5. The van der Waals surface area contributed by atoms with Crippen LogP contribution in [0, 0.1) is 5.92 Å². The van der Waals surface area contributed by atoms with E-state index in [2.05, 4.69) is 0 Å². The number of methoxy groups -OCH3 is 1. The average molecular weight is 272 g/mol. The highest BCUT2D eigenvalue weighted by Crippen LogP contribution is 2.24. The molecule has 0 radical (unpaired) electrons. The van der Waals surface area contributed by atoms with Gasteiger partial charge >= 0.3 is 0 Å². The molecule has 4 heteroatoms. The zero-order valence-electron chi connectivity index (χ0n) is 11.1. The molecule has 0 heterocycles. The quantitative estimate of drug-likeness (QED) is 0.825. The second-order valence-corrected chi connectivity index (χ2v) is 4.46. The third-order valence-corrected chi connectivity index (χ3v) is 3.07. The fraction of sp³-hybridized carbons (Fsp3) is 0.188. The molecule has 2 N–H and O–H groups in total. The fourth-order valence-corrected chi connectivity index (χ4v) is 2.01. The van der Waals surface area contributed by atoms with E-state index in [0.717, 1.165) is 5.56 Å². The van der Waals surface area contributed by atoms with E-state index >= 15 is 0 Å². The highest BCUT2D eigenvalue weighted by atomic mass is 16.5. The van der Waals surface area contributed by atoms with Crippen LogP contribution in [-0.2, 0) is 9.53 Å². The maximum atomic E-state index is 12.1. The molecule has 104 valence electrons. The van der Waals surface area contributed by atoms with Crippen LogP contribution in [0.25, 0.3) is 6.08 Å². The molecule has 0 amide bonds. The van der Waals surface area contributed by atoms with Gasteiger partial charge in [-0.25, -0.2) is 0 Å². The summed E-state index contributed by atoms with van der Waals surface area (Å²) in [6, 6.07) is 9.34. The molecule has 0 saturated carbocycles. The molecule has 4 nitrogen and oxygen atoms in total. The number of aliphatic hydroxyl groups is 2. The van der Waals surface area contributed by atoms with Crippen LogP contribution in [0.5, 0.6) is 0 Å². The Bertz CT molecular complexity index is 569. The lowest BCUT2D eigenvalue weighted by molar-refractivity contribution is -0.120. The van der Waals surface area contributed by atoms with Crippen LogP contribution in [-0.4, -0.2) is 29.2 Å². The summed E-state index contributed by atoms with van der Waals surface area (Å²) in [5.74, 6) is -1.19.